The van der Waals surface area contributed by atoms with Crippen molar-refractivity contribution in [2.75, 3.05) is 13.6 Å². The summed E-state index contributed by atoms with van der Waals surface area (Å²) < 4.78 is 5.92. The van der Waals surface area contributed by atoms with Gasteiger partial charge < -0.3 is 15.4 Å². The molecule has 1 aromatic carbocycles. The maximum absolute atomic E-state index is 5.92. The maximum atomic E-state index is 5.92. The van der Waals surface area contributed by atoms with E-state index in [1.165, 1.54) is 10.4 Å². The molecule has 0 bridgehead atoms. The number of aliphatic imine (C=N–C) groups is 1. The molecule has 0 saturated heterocycles. The summed E-state index contributed by atoms with van der Waals surface area (Å²) in [4.78, 5) is 9.73. The predicted octanol–water partition coefficient (Wildman–Crippen LogP) is 2.74. The van der Waals surface area contributed by atoms with Gasteiger partial charge in [0.25, 0.3) is 0 Å². The number of para-hydroxylation sites is 1. The summed E-state index contributed by atoms with van der Waals surface area (Å²) in [6, 6.07) is 8.20. The van der Waals surface area contributed by atoms with Crippen molar-refractivity contribution < 1.29 is 4.74 Å². The summed E-state index contributed by atoms with van der Waals surface area (Å²) >= 11 is 1.66. The smallest absolute Gasteiger partial charge is 0.191 e. The fourth-order valence-corrected chi connectivity index (χ4v) is 3.18. The van der Waals surface area contributed by atoms with Crippen LogP contribution in [-0.2, 0) is 13.0 Å². The Kier molecular flexibility index (Phi) is 6.64. The highest BCUT2D eigenvalue weighted by Crippen LogP contribution is 2.27. The molecule has 0 spiro atoms. The Hall–Kier alpha value is -1.35. The van der Waals surface area contributed by atoms with Crippen LogP contribution in [0.1, 0.15) is 16.1 Å². The second-order valence-corrected chi connectivity index (χ2v) is 6.16. The van der Waals surface area contributed by atoms with Crippen molar-refractivity contribution in [2.24, 2.45) is 4.99 Å². The summed E-state index contributed by atoms with van der Waals surface area (Å²) in [5.41, 5.74) is 4.21. The number of hydrogen-bond acceptors (Lipinski definition) is 4. The zero-order valence-electron chi connectivity index (χ0n) is 13.2. The van der Waals surface area contributed by atoms with E-state index >= 15 is 0 Å². The SMILES string of the molecule is CN=C(NCc1scnc1C)NCC1Cc2ccccc2O1.I. The van der Waals surface area contributed by atoms with Crippen LogP contribution < -0.4 is 15.4 Å². The quantitative estimate of drug-likeness (QED) is 0.433. The molecule has 0 amide bonds. The van der Waals surface area contributed by atoms with Crippen molar-refractivity contribution in [2.45, 2.75) is 26.0 Å². The lowest BCUT2D eigenvalue weighted by molar-refractivity contribution is 0.235. The number of nitrogens with one attached hydrogen (secondary N) is 2. The van der Waals surface area contributed by atoms with E-state index < -0.39 is 0 Å². The Morgan fingerprint density at radius 1 is 1.39 bits per heavy atom. The van der Waals surface area contributed by atoms with Crippen molar-refractivity contribution in [3.8, 4) is 5.75 Å². The first-order valence-electron chi connectivity index (χ1n) is 7.34. The summed E-state index contributed by atoms with van der Waals surface area (Å²) in [5, 5.41) is 6.64. The number of fused-ring (bicyclic) bond motifs is 1. The number of halogens is 1. The van der Waals surface area contributed by atoms with Crippen molar-refractivity contribution in [3.63, 3.8) is 0 Å². The van der Waals surface area contributed by atoms with E-state index in [4.69, 9.17) is 4.74 Å². The minimum Gasteiger partial charge on any atom is -0.488 e. The van der Waals surface area contributed by atoms with Gasteiger partial charge in [-0.25, -0.2) is 4.98 Å². The lowest BCUT2D eigenvalue weighted by Gasteiger charge is -2.15. The number of benzene rings is 1. The number of ether oxygens (including phenoxy) is 1. The topological polar surface area (TPSA) is 58.5 Å². The zero-order valence-corrected chi connectivity index (χ0v) is 16.4. The molecule has 23 heavy (non-hydrogen) atoms. The van der Waals surface area contributed by atoms with E-state index in [9.17, 15) is 0 Å². The van der Waals surface area contributed by atoms with Crippen molar-refractivity contribution in [1.29, 1.82) is 0 Å². The molecule has 1 aromatic heterocycles. The molecule has 7 heteroatoms. The number of rotatable bonds is 4. The van der Waals surface area contributed by atoms with Crippen LogP contribution in [0.25, 0.3) is 0 Å². The van der Waals surface area contributed by atoms with Crippen LogP contribution in [-0.4, -0.2) is 30.6 Å². The number of nitrogens with zero attached hydrogens (tertiary/aromatic N) is 2. The van der Waals surface area contributed by atoms with Crippen LogP contribution in [0.15, 0.2) is 34.8 Å². The van der Waals surface area contributed by atoms with Crippen molar-refractivity contribution >= 4 is 41.3 Å². The molecule has 2 aromatic rings. The Labute approximate surface area is 157 Å². The van der Waals surface area contributed by atoms with Gasteiger partial charge in [-0.3, -0.25) is 4.99 Å². The fourth-order valence-electron chi connectivity index (χ4n) is 2.46. The third-order valence-electron chi connectivity index (χ3n) is 3.70. The van der Waals surface area contributed by atoms with E-state index in [2.05, 4.69) is 32.7 Å². The van der Waals surface area contributed by atoms with Gasteiger partial charge in [0.1, 0.15) is 11.9 Å². The molecule has 5 nitrogen and oxygen atoms in total. The Morgan fingerprint density at radius 3 is 2.91 bits per heavy atom. The van der Waals surface area contributed by atoms with Gasteiger partial charge in [-0.1, -0.05) is 18.2 Å². The lowest BCUT2D eigenvalue weighted by Crippen LogP contribution is -2.41. The van der Waals surface area contributed by atoms with E-state index in [0.717, 1.165) is 36.9 Å². The van der Waals surface area contributed by atoms with Gasteiger partial charge in [0.15, 0.2) is 5.96 Å². The molecular formula is C16H21IN4OS. The van der Waals surface area contributed by atoms with Crippen LogP contribution in [0.3, 0.4) is 0 Å². The van der Waals surface area contributed by atoms with Crippen LogP contribution in [0, 0.1) is 6.92 Å². The summed E-state index contributed by atoms with van der Waals surface area (Å²) in [6.07, 6.45) is 1.09. The molecule has 124 valence electrons. The molecule has 0 fully saturated rings. The molecule has 2 heterocycles. The Balaban J connectivity index is 0.00000192. The molecular weight excluding hydrogens is 423 g/mol. The van der Waals surface area contributed by atoms with Crippen molar-refractivity contribution in [3.05, 3.63) is 45.9 Å². The van der Waals surface area contributed by atoms with E-state index in [-0.39, 0.29) is 30.1 Å². The minimum absolute atomic E-state index is 0. The van der Waals surface area contributed by atoms with E-state index in [0.29, 0.717) is 0 Å². The van der Waals surface area contributed by atoms with Gasteiger partial charge in [-0.2, -0.15) is 0 Å². The minimum atomic E-state index is 0. The highest BCUT2D eigenvalue weighted by Gasteiger charge is 2.22. The van der Waals surface area contributed by atoms with Gasteiger partial charge in [0.05, 0.1) is 24.3 Å². The summed E-state index contributed by atoms with van der Waals surface area (Å²) in [5.74, 6) is 1.78. The number of aryl methyl sites for hydroxylation is 1. The number of thiazole rings is 1. The van der Waals surface area contributed by atoms with Gasteiger partial charge >= 0.3 is 0 Å². The Morgan fingerprint density at radius 2 is 2.22 bits per heavy atom. The number of hydrogen-bond donors (Lipinski definition) is 2. The largest absolute Gasteiger partial charge is 0.488 e. The molecule has 1 atom stereocenters. The third kappa shape index (κ3) is 4.57. The lowest BCUT2D eigenvalue weighted by atomic mass is 10.1. The predicted molar refractivity (Wildman–Crippen MR) is 105 cm³/mol. The molecule has 3 rings (SSSR count). The average Bonchev–Trinajstić information content (AvgIpc) is 3.13. The molecule has 0 saturated carbocycles. The number of guanidine groups is 1. The highest BCUT2D eigenvalue weighted by molar-refractivity contribution is 14.0. The third-order valence-corrected chi connectivity index (χ3v) is 4.63. The summed E-state index contributed by atoms with van der Waals surface area (Å²) in [7, 11) is 1.78. The van der Waals surface area contributed by atoms with Gasteiger partial charge in [-0.15, -0.1) is 35.3 Å². The first kappa shape index (κ1) is 18.0. The standard InChI is InChI=1S/C16H20N4OS.HI/c1-11-15(22-10-20-11)9-19-16(17-2)18-8-13-7-12-5-3-4-6-14(12)21-13;/h3-6,10,13H,7-9H2,1-2H3,(H2,17,18,19);1H. The first-order chi connectivity index (χ1) is 10.8. The van der Waals surface area contributed by atoms with Crippen LogP contribution >= 0.6 is 35.3 Å². The zero-order chi connectivity index (χ0) is 15.4. The molecule has 2 N–H and O–H groups in total. The molecule has 1 unspecified atom stereocenters. The second kappa shape index (κ2) is 8.49. The van der Waals surface area contributed by atoms with E-state index in [1.54, 1.807) is 18.4 Å². The molecule has 0 radical (unpaired) electrons. The molecule has 1 aliphatic rings. The average molecular weight is 444 g/mol. The van der Waals surface area contributed by atoms with Gasteiger partial charge in [0, 0.05) is 18.3 Å². The Bertz CT molecular complexity index is 649. The maximum Gasteiger partial charge on any atom is 0.191 e. The number of aromatic nitrogens is 1. The van der Waals surface area contributed by atoms with Gasteiger partial charge in [0.2, 0.25) is 0 Å². The molecule has 0 aliphatic carbocycles. The van der Waals surface area contributed by atoms with Crippen molar-refractivity contribution in [1.82, 2.24) is 15.6 Å². The van der Waals surface area contributed by atoms with E-state index in [1.807, 2.05) is 24.6 Å². The van der Waals surface area contributed by atoms with Crippen LogP contribution in [0.2, 0.25) is 0 Å². The first-order valence-corrected chi connectivity index (χ1v) is 8.22. The highest BCUT2D eigenvalue weighted by atomic mass is 127. The summed E-state index contributed by atoms with van der Waals surface area (Å²) in [6.45, 7) is 3.49. The second-order valence-electron chi connectivity index (χ2n) is 5.22. The van der Waals surface area contributed by atoms with Gasteiger partial charge in [-0.05, 0) is 18.6 Å². The van der Waals surface area contributed by atoms with Crippen LogP contribution in [0.4, 0.5) is 0 Å². The normalized spacial score (nSPS) is 16.3. The fraction of sp³-hybridized carbons (Fsp3) is 0.375. The molecule has 1 aliphatic heterocycles. The monoisotopic (exact) mass is 444 g/mol. The van der Waals surface area contributed by atoms with Crippen LogP contribution in [0.5, 0.6) is 5.75 Å².